The Hall–Kier alpha value is -2.08. The number of nitrogens with two attached hydrogens (primary N) is 1. The van der Waals surface area contributed by atoms with Crippen molar-refractivity contribution in [2.75, 3.05) is 5.73 Å². The third-order valence-corrected chi connectivity index (χ3v) is 2.64. The maximum Gasteiger partial charge on any atom is 0.255 e. The summed E-state index contributed by atoms with van der Waals surface area (Å²) in [6.45, 7) is 0.227. The zero-order chi connectivity index (χ0) is 13.1. The topological polar surface area (TPSA) is 85.8 Å². The first-order valence-corrected chi connectivity index (χ1v) is 5.62. The van der Waals surface area contributed by atoms with E-state index in [9.17, 15) is 4.79 Å². The van der Waals surface area contributed by atoms with Crippen molar-refractivity contribution in [3.8, 4) is 0 Å². The molecule has 1 amide bonds. The van der Waals surface area contributed by atoms with Crippen LogP contribution in [0.25, 0.3) is 0 Å². The molecule has 0 aliphatic rings. The van der Waals surface area contributed by atoms with Gasteiger partial charge in [0, 0.05) is 12.7 Å². The van der Waals surface area contributed by atoms with Gasteiger partial charge >= 0.3 is 0 Å². The lowest BCUT2D eigenvalue weighted by Gasteiger charge is -2.07. The number of rotatable bonds is 3. The molecule has 6 nitrogen and oxygen atoms in total. The first-order chi connectivity index (χ1) is 8.58. The highest BCUT2D eigenvalue weighted by molar-refractivity contribution is 6.34. The monoisotopic (exact) mass is 265 g/mol. The zero-order valence-corrected chi connectivity index (χ0v) is 10.5. The first-order valence-electron chi connectivity index (χ1n) is 5.24. The summed E-state index contributed by atoms with van der Waals surface area (Å²) in [5.41, 5.74) is 6.33. The van der Waals surface area contributed by atoms with Crippen LogP contribution in [-0.2, 0) is 13.6 Å². The minimum Gasteiger partial charge on any atom is -0.398 e. The van der Waals surface area contributed by atoms with Crippen molar-refractivity contribution in [1.29, 1.82) is 0 Å². The van der Waals surface area contributed by atoms with E-state index in [0.717, 1.165) is 0 Å². The van der Waals surface area contributed by atoms with Crippen molar-refractivity contribution in [3.63, 3.8) is 0 Å². The van der Waals surface area contributed by atoms with Crippen LogP contribution in [0.15, 0.2) is 24.5 Å². The molecule has 2 rings (SSSR count). The Balaban J connectivity index is 2.08. The van der Waals surface area contributed by atoms with E-state index in [1.165, 1.54) is 0 Å². The number of hydrogen-bond acceptors (Lipinski definition) is 4. The molecule has 1 aromatic heterocycles. The average molecular weight is 266 g/mol. The van der Waals surface area contributed by atoms with Gasteiger partial charge in [0.05, 0.1) is 17.1 Å². The van der Waals surface area contributed by atoms with Gasteiger partial charge in [-0.1, -0.05) is 17.7 Å². The fraction of sp³-hybridized carbons (Fsp3) is 0.182. The van der Waals surface area contributed by atoms with Gasteiger partial charge in [-0.05, 0) is 12.1 Å². The molecule has 0 radical (unpaired) electrons. The fourth-order valence-corrected chi connectivity index (χ4v) is 1.76. The van der Waals surface area contributed by atoms with Crippen molar-refractivity contribution in [1.82, 2.24) is 20.1 Å². The molecule has 0 bridgehead atoms. The van der Waals surface area contributed by atoms with Crippen LogP contribution in [0.4, 0.5) is 5.69 Å². The van der Waals surface area contributed by atoms with Crippen LogP contribution in [0, 0.1) is 0 Å². The Morgan fingerprint density at radius 3 is 2.94 bits per heavy atom. The predicted octanol–water partition coefficient (Wildman–Crippen LogP) is 0.981. The van der Waals surface area contributed by atoms with Crippen molar-refractivity contribution in [3.05, 3.63) is 40.9 Å². The lowest BCUT2D eigenvalue weighted by atomic mass is 10.1. The number of nitrogens with one attached hydrogen (secondary N) is 1. The van der Waals surface area contributed by atoms with Gasteiger partial charge in [-0.3, -0.25) is 9.48 Å². The van der Waals surface area contributed by atoms with Crippen LogP contribution in [-0.4, -0.2) is 20.7 Å². The SMILES string of the molecule is Cn1cnc(CNC(=O)c2c(N)cccc2Cl)n1. The standard InChI is InChI=1S/C11H12ClN5O/c1-17-6-15-9(16-17)5-14-11(18)10-7(12)3-2-4-8(10)13/h2-4,6H,5,13H2,1H3,(H,14,18). The van der Waals surface area contributed by atoms with Crippen LogP contribution in [0.3, 0.4) is 0 Å². The van der Waals surface area contributed by atoms with Crippen LogP contribution in [0.1, 0.15) is 16.2 Å². The van der Waals surface area contributed by atoms with Gasteiger partial charge in [-0.15, -0.1) is 0 Å². The largest absolute Gasteiger partial charge is 0.398 e. The van der Waals surface area contributed by atoms with E-state index >= 15 is 0 Å². The minimum absolute atomic E-state index is 0.227. The van der Waals surface area contributed by atoms with Crippen LogP contribution in [0.2, 0.25) is 5.02 Å². The molecule has 0 fully saturated rings. The van der Waals surface area contributed by atoms with E-state index in [0.29, 0.717) is 16.5 Å². The molecule has 7 heteroatoms. The molecule has 0 spiro atoms. The maximum atomic E-state index is 11.9. The molecule has 2 aromatic rings. The van der Waals surface area contributed by atoms with Gasteiger partial charge < -0.3 is 11.1 Å². The van der Waals surface area contributed by atoms with Crippen molar-refractivity contribution in [2.24, 2.45) is 7.05 Å². The quantitative estimate of drug-likeness (QED) is 0.810. The molecule has 94 valence electrons. The van der Waals surface area contributed by atoms with E-state index in [1.54, 1.807) is 36.3 Å². The summed E-state index contributed by atoms with van der Waals surface area (Å²) in [4.78, 5) is 15.9. The second-order valence-electron chi connectivity index (χ2n) is 3.72. The number of nitrogen functional groups attached to an aromatic ring is 1. The zero-order valence-electron chi connectivity index (χ0n) is 9.72. The number of hydrogen-bond donors (Lipinski definition) is 2. The number of nitrogens with zero attached hydrogens (tertiary/aromatic N) is 3. The van der Waals surface area contributed by atoms with Crippen LogP contribution in [0.5, 0.6) is 0 Å². The number of carbonyl (C=O) groups excluding carboxylic acids is 1. The fourth-order valence-electron chi connectivity index (χ4n) is 1.49. The number of anilines is 1. The number of aromatic nitrogens is 3. The molecule has 0 aliphatic heterocycles. The second kappa shape index (κ2) is 5.05. The third kappa shape index (κ3) is 2.60. The van der Waals surface area contributed by atoms with Crippen molar-refractivity contribution in [2.45, 2.75) is 6.54 Å². The number of benzene rings is 1. The third-order valence-electron chi connectivity index (χ3n) is 2.33. The van der Waals surface area contributed by atoms with Gasteiger partial charge in [0.2, 0.25) is 0 Å². The molecule has 1 aromatic carbocycles. The van der Waals surface area contributed by atoms with Gasteiger partial charge in [0.25, 0.3) is 5.91 Å². The molecule has 0 atom stereocenters. The molecular weight excluding hydrogens is 254 g/mol. The summed E-state index contributed by atoms with van der Waals surface area (Å²) >= 11 is 5.93. The van der Waals surface area contributed by atoms with E-state index in [4.69, 9.17) is 17.3 Å². The number of amides is 1. The average Bonchev–Trinajstić information content (AvgIpc) is 2.72. The molecule has 18 heavy (non-hydrogen) atoms. The predicted molar refractivity (Wildman–Crippen MR) is 68.0 cm³/mol. The van der Waals surface area contributed by atoms with Crippen molar-refractivity contribution >= 4 is 23.2 Å². The Kier molecular flexibility index (Phi) is 3.47. The molecule has 0 unspecified atom stereocenters. The molecule has 0 saturated heterocycles. The van der Waals surface area contributed by atoms with Gasteiger partial charge in [-0.25, -0.2) is 4.98 Å². The Morgan fingerprint density at radius 1 is 1.56 bits per heavy atom. The van der Waals surface area contributed by atoms with Gasteiger partial charge in [0.1, 0.15) is 6.33 Å². The van der Waals surface area contributed by atoms with Gasteiger partial charge in [0.15, 0.2) is 5.82 Å². The molecule has 0 saturated carbocycles. The van der Waals surface area contributed by atoms with Crippen LogP contribution < -0.4 is 11.1 Å². The summed E-state index contributed by atoms with van der Waals surface area (Å²) in [6, 6.07) is 4.93. The van der Waals surface area contributed by atoms with Crippen LogP contribution >= 0.6 is 11.6 Å². The highest BCUT2D eigenvalue weighted by atomic mass is 35.5. The summed E-state index contributed by atoms with van der Waals surface area (Å²) in [5.74, 6) is 0.182. The highest BCUT2D eigenvalue weighted by Gasteiger charge is 2.13. The summed E-state index contributed by atoms with van der Waals surface area (Å²) in [7, 11) is 1.75. The van der Waals surface area contributed by atoms with E-state index in [2.05, 4.69) is 15.4 Å². The number of carbonyl (C=O) groups is 1. The Bertz CT molecular complexity index is 560. The summed E-state index contributed by atoms with van der Waals surface area (Å²) in [6.07, 6.45) is 1.56. The molecule has 3 N–H and O–H groups in total. The first kappa shape index (κ1) is 12.4. The van der Waals surface area contributed by atoms with Crippen molar-refractivity contribution < 1.29 is 4.79 Å². The maximum absolute atomic E-state index is 11.9. The summed E-state index contributed by atoms with van der Waals surface area (Å²) in [5, 5.41) is 7.04. The lowest BCUT2D eigenvalue weighted by molar-refractivity contribution is 0.0951. The summed E-state index contributed by atoms with van der Waals surface area (Å²) < 4.78 is 1.56. The smallest absolute Gasteiger partial charge is 0.255 e. The van der Waals surface area contributed by atoms with E-state index in [-0.39, 0.29) is 18.0 Å². The van der Waals surface area contributed by atoms with E-state index in [1.807, 2.05) is 0 Å². The normalized spacial score (nSPS) is 10.3. The Labute approximate surface area is 109 Å². The number of halogens is 1. The molecule has 0 aliphatic carbocycles. The van der Waals surface area contributed by atoms with Gasteiger partial charge in [-0.2, -0.15) is 5.10 Å². The number of aryl methyl sites for hydroxylation is 1. The lowest BCUT2D eigenvalue weighted by Crippen LogP contribution is -2.24. The second-order valence-corrected chi connectivity index (χ2v) is 4.13. The minimum atomic E-state index is -0.342. The highest BCUT2D eigenvalue weighted by Crippen LogP contribution is 2.21. The Morgan fingerprint density at radius 2 is 2.33 bits per heavy atom. The molecule has 1 heterocycles. The van der Waals surface area contributed by atoms with E-state index < -0.39 is 0 Å². The molecular formula is C11H12ClN5O.